The summed E-state index contributed by atoms with van der Waals surface area (Å²) < 4.78 is 8.40. The van der Waals surface area contributed by atoms with E-state index in [0.29, 0.717) is 5.95 Å². The Balaban J connectivity index is 1.02. The smallest absolute Gasteiger partial charge is 0.235 e. The summed E-state index contributed by atoms with van der Waals surface area (Å²) in [6, 6.07) is 79.6. The van der Waals surface area contributed by atoms with Crippen LogP contribution in [-0.2, 0) is 0 Å². The van der Waals surface area contributed by atoms with Crippen molar-refractivity contribution in [3.05, 3.63) is 218 Å². The van der Waals surface area contributed by atoms with Crippen LogP contribution in [0.2, 0.25) is 0 Å². The summed E-state index contributed by atoms with van der Waals surface area (Å²) in [5.74, 6) is 0.654. The molecule has 5 heterocycles. The van der Waals surface area contributed by atoms with Gasteiger partial charge in [-0.25, -0.2) is 9.97 Å². The fourth-order valence-corrected chi connectivity index (χ4v) is 13.1. The number of hydrogen-bond acceptors (Lipinski definition) is 4. The Morgan fingerprint density at radius 1 is 0.368 bits per heavy atom. The van der Waals surface area contributed by atoms with E-state index >= 15 is 0 Å². The fraction of sp³-hybridized carbons (Fsp3) is 0. The highest BCUT2D eigenvalue weighted by atomic mass is 32.1. The lowest BCUT2D eigenvalue weighted by molar-refractivity contribution is 1.02. The van der Waals surface area contributed by atoms with Crippen molar-refractivity contribution in [2.45, 2.75) is 0 Å². The molecule has 0 fully saturated rings. The second kappa shape index (κ2) is 14.5. The first kappa shape index (κ1) is 37.8. The van der Waals surface area contributed by atoms with Crippen LogP contribution >= 0.6 is 22.7 Å². The van der Waals surface area contributed by atoms with E-state index in [2.05, 4.69) is 228 Å². The lowest BCUT2D eigenvalue weighted by Gasteiger charge is -2.12. The third-order valence-electron chi connectivity index (χ3n) is 13.9. The Morgan fingerprint density at radius 2 is 0.985 bits per heavy atom. The van der Waals surface area contributed by atoms with Crippen molar-refractivity contribution in [1.29, 1.82) is 0 Å². The predicted octanol–water partition coefficient (Wildman–Crippen LogP) is 17.6. The monoisotopic (exact) mass is 900 g/mol. The lowest BCUT2D eigenvalue weighted by Crippen LogP contribution is -2.02. The highest BCUT2D eigenvalue weighted by Gasteiger charge is 2.23. The van der Waals surface area contributed by atoms with Crippen LogP contribution in [0.1, 0.15) is 0 Å². The largest absolute Gasteiger partial charge is 0.309 e. The third kappa shape index (κ3) is 5.53. The number of fused-ring (bicyclic) bond motifs is 14. The topological polar surface area (TPSA) is 35.6 Å². The van der Waals surface area contributed by atoms with Crippen LogP contribution in [0.3, 0.4) is 0 Å². The van der Waals surface area contributed by atoms with Gasteiger partial charge < -0.3 is 4.57 Å². The van der Waals surface area contributed by atoms with E-state index in [9.17, 15) is 0 Å². The fourth-order valence-electron chi connectivity index (χ4n) is 10.9. The number of rotatable bonds is 5. The second-order valence-electron chi connectivity index (χ2n) is 17.7. The van der Waals surface area contributed by atoms with Crippen LogP contribution in [0.15, 0.2) is 218 Å². The lowest BCUT2D eigenvalue weighted by atomic mass is 9.97. The molecule has 316 valence electrons. The zero-order valence-corrected chi connectivity index (χ0v) is 38.0. The number of aromatic nitrogens is 4. The Bertz CT molecular complexity index is 4560. The number of hydrogen-bond donors (Lipinski definition) is 0. The van der Waals surface area contributed by atoms with E-state index in [1.165, 1.54) is 84.9 Å². The third-order valence-corrected chi connectivity index (χ3v) is 16.3. The molecular formula is C62H36N4S2. The summed E-state index contributed by atoms with van der Waals surface area (Å²) in [5.41, 5.74) is 12.1. The van der Waals surface area contributed by atoms with Crippen molar-refractivity contribution in [3.8, 4) is 44.5 Å². The van der Waals surface area contributed by atoms with Gasteiger partial charge in [0.15, 0.2) is 0 Å². The van der Waals surface area contributed by atoms with Crippen LogP contribution in [0.5, 0.6) is 0 Å². The predicted molar refractivity (Wildman–Crippen MR) is 290 cm³/mol. The van der Waals surface area contributed by atoms with Crippen LogP contribution < -0.4 is 0 Å². The van der Waals surface area contributed by atoms with Crippen LogP contribution in [-0.4, -0.2) is 19.1 Å². The molecular weight excluding hydrogens is 865 g/mol. The van der Waals surface area contributed by atoms with Crippen LogP contribution in [0.25, 0.3) is 140 Å². The molecule has 0 N–H and O–H groups in total. The van der Waals surface area contributed by atoms with E-state index in [1.807, 2.05) is 11.3 Å². The Kier molecular flexibility index (Phi) is 8.07. The summed E-state index contributed by atoms with van der Waals surface area (Å²) in [6.45, 7) is 0. The van der Waals surface area contributed by atoms with Gasteiger partial charge in [0.05, 0.1) is 38.0 Å². The zero-order chi connectivity index (χ0) is 44.5. The number of nitrogens with zero attached hydrogens (tertiary/aromatic N) is 4. The average Bonchev–Trinajstić information content (AvgIpc) is 4.18. The highest BCUT2D eigenvalue weighted by molar-refractivity contribution is 7.25. The van der Waals surface area contributed by atoms with Gasteiger partial charge in [-0.2, -0.15) is 0 Å². The Hall–Kier alpha value is -8.42. The summed E-state index contributed by atoms with van der Waals surface area (Å²) in [4.78, 5) is 12.3. The van der Waals surface area contributed by atoms with E-state index in [4.69, 9.17) is 9.97 Å². The molecule has 0 aliphatic heterocycles. The van der Waals surface area contributed by atoms with Gasteiger partial charge in [0.1, 0.15) is 0 Å². The maximum Gasteiger partial charge on any atom is 0.235 e. The van der Waals surface area contributed by atoms with Gasteiger partial charge in [-0.3, -0.25) is 4.57 Å². The molecule has 15 rings (SSSR count). The van der Waals surface area contributed by atoms with Gasteiger partial charge in [0.25, 0.3) is 0 Å². The minimum absolute atomic E-state index is 0.654. The molecule has 15 aromatic rings. The molecule has 10 aromatic carbocycles. The van der Waals surface area contributed by atoms with Crippen molar-refractivity contribution < 1.29 is 0 Å². The molecule has 5 aromatic heterocycles. The van der Waals surface area contributed by atoms with Crippen molar-refractivity contribution in [3.63, 3.8) is 0 Å². The maximum absolute atomic E-state index is 5.65. The van der Waals surface area contributed by atoms with Crippen molar-refractivity contribution in [1.82, 2.24) is 19.1 Å². The molecule has 0 aliphatic rings. The van der Waals surface area contributed by atoms with Gasteiger partial charge >= 0.3 is 0 Å². The summed E-state index contributed by atoms with van der Waals surface area (Å²) >= 11 is 3.61. The van der Waals surface area contributed by atoms with Crippen molar-refractivity contribution in [2.75, 3.05) is 0 Å². The van der Waals surface area contributed by atoms with Crippen LogP contribution in [0.4, 0.5) is 0 Å². The molecule has 0 radical (unpaired) electrons. The van der Waals surface area contributed by atoms with E-state index in [0.717, 1.165) is 49.1 Å². The molecule has 4 nitrogen and oxygen atoms in total. The van der Waals surface area contributed by atoms with Gasteiger partial charge in [-0.1, -0.05) is 158 Å². The molecule has 0 unspecified atom stereocenters. The first-order valence-electron chi connectivity index (χ1n) is 23.0. The standard InChI is InChI=1S/C62H36N4S2/c1-3-16-39(17-4-1)56-36-50-61(68-56)59(41-29-33-55-48(35-41)46-22-11-12-25-54(46)67-55)64-62(63-50)66-51-30-28-40(34-49(51)58-44-21-10-8-15-38(44)27-32-53(58)66)45-23-13-24-47-57-43-20-9-7-14-37(43)26-31-52(57)65(60(45)47)42-18-5-2-6-19-42/h1-36H. The molecule has 0 bridgehead atoms. The molecule has 68 heavy (non-hydrogen) atoms. The number of benzene rings is 10. The summed E-state index contributed by atoms with van der Waals surface area (Å²) in [5, 5.41) is 12.3. The molecule has 0 atom stereocenters. The van der Waals surface area contributed by atoms with Gasteiger partial charge in [0.2, 0.25) is 5.95 Å². The molecule has 0 saturated carbocycles. The molecule has 0 aliphatic carbocycles. The normalized spacial score (nSPS) is 12.1. The SMILES string of the molecule is c1ccc(-c2cc3nc(-n4c5ccc(-c6cccc7c8c9ccccc9ccc8n(-c8ccccc8)c67)cc5c5c6ccccc6ccc54)nc(-c4ccc5sc6ccccc6c5c4)c3s2)cc1. The molecule has 0 saturated heterocycles. The minimum atomic E-state index is 0.654. The Morgan fingerprint density at radius 3 is 1.78 bits per heavy atom. The van der Waals surface area contributed by atoms with E-state index in [-0.39, 0.29) is 0 Å². The van der Waals surface area contributed by atoms with Gasteiger partial charge in [-0.15, -0.1) is 22.7 Å². The molecule has 0 amide bonds. The highest BCUT2D eigenvalue weighted by Crippen LogP contribution is 2.46. The number of thiophene rings is 2. The maximum atomic E-state index is 5.65. The summed E-state index contributed by atoms with van der Waals surface area (Å²) in [6.07, 6.45) is 0. The number of para-hydroxylation sites is 2. The quantitative estimate of drug-likeness (QED) is 0.173. The molecule has 6 heteroatoms. The van der Waals surface area contributed by atoms with Crippen LogP contribution in [0, 0.1) is 0 Å². The Labute approximate surface area is 397 Å². The first-order valence-corrected chi connectivity index (χ1v) is 24.6. The van der Waals surface area contributed by atoms with Gasteiger partial charge in [0, 0.05) is 63.4 Å². The van der Waals surface area contributed by atoms with Gasteiger partial charge in [-0.05, 0) is 93.3 Å². The van der Waals surface area contributed by atoms with E-state index < -0.39 is 0 Å². The first-order chi connectivity index (χ1) is 33.7. The zero-order valence-electron chi connectivity index (χ0n) is 36.4. The van der Waals surface area contributed by atoms with E-state index in [1.54, 1.807) is 11.3 Å². The second-order valence-corrected chi connectivity index (χ2v) is 19.8. The minimum Gasteiger partial charge on any atom is -0.309 e. The average molecular weight is 901 g/mol. The van der Waals surface area contributed by atoms with Crippen molar-refractivity contribution in [2.24, 2.45) is 0 Å². The van der Waals surface area contributed by atoms with Crippen molar-refractivity contribution >= 4 is 118 Å². The summed E-state index contributed by atoms with van der Waals surface area (Å²) in [7, 11) is 0. The molecule has 0 spiro atoms.